The number of hydrogen-bond acceptors (Lipinski definition) is 11. The molecule has 1 aliphatic heterocycles. The van der Waals surface area contributed by atoms with E-state index in [9.17, 15) is 44.1 Å². The first-order valence-corrected chi connectivity index (χ1v) is 22.3. The van der Waals surface area contributed by atoms with Crippen LogP contribution in [0.25, 0.3) is 11.1 Å². The molecule has 4 atom stereocenters. The van der Waals surface area contributed by atoms with E-state index in [-0.39, 0.29) is 59.7 Å². The Labute approximate surface area is 378 Å². The lowest BCUT2D eigenvalue weighted by Gasteiger charge is -2.32. The van der Waals surface area contributed by atoms with Crippen LogP contribution in [-0.2, 0) is 43.2 Å². The van der Waals surface area contributed by atoms with Crippen LogP contribution in [-0.4, -0.2) is 99.0 Å². The molecule has 5 rings (SSSR count). The largest absolute Gasteiger partial charge is 0.507 e. The van der Waals surface area contributed by atoms with Crippen molar-refractivity contribution in [3.8, 4) is 22.6 Å². The van der Waals surface area contributed by atoms with Crippen molar-refractivity contribution in [1.82, 2.24) is 31.2 Å². The van der Waals surface area contributed by atoms with Crippen LogP contribution in [0.15, 0.2) is 77.4 Å². The zero-order chi connectivity index (χ0) is 46.9. The van der Waals surface area contributed by atoms with Crippen LogP contribution in [0, 0.1) is 0 Å². The lowest BCUT2D eigenvalue weighted by atomic mass is 9.93. The standard InChI is InChI=1S/C48H61N7O10/c1-30-44(59)54-37(48(63)64)27-32-19-21-39(56)34(26-32)35-28-33(20-22-40(35)57)43(46(61)51-30)55(2)47(62)36(17-12-13-24-49)52-41(58)23-25-50-45(60)38-29-65-42(53-38)18-11-6-4-3-5-8-14-31-15-9-7-10-16-31/h7,9-10,15-16,19-22,26,28-30,36-37,43,56-57H,3-6,8,11-14,17-18,23-25,27,49H2,1-2H3,(H,50,60)(H,51,61)(H,52,58)(H,54,59)(H,63,64)/t30-,36-,37-,43-/m0/s1. The summed E-state index contributed by atoms with van der Waals surface area (Å²) in [6.07, 6.45) is 10.2. The first kappa shape index (κ1) is 49.3. The number of carboxylic acids is 1. The van der Waals surface area contributed by atoms with Crippen LogP contribution in [0.1, 0.15) is 110 Å². The number of aliphatic carboxylic acids is 1. The number of amides is 5. The van der Waals surface area contributed by atoms with E-state index < -0.39 is 59.7 Å². The maximum Gasteiger partial charge on any atom is 0.326 e. The number of aromatic nitrogens is 1. The van der Waals surface area contributed by atoms with Gasteiger partial charge in [-0.3, -0.25) is 24.0 Å². The average molecular weight is 896 g/mol. The van der Waals surface area contributed by atoms with Gasteiger partial charge in [-0.25, -0.2) is 9.78 Å². The summed E-state index contributed by atoms with van der Waals surface area (Å²) in [6, 6.07) is 13.6. The van der Waals surface area contributed by atoms with Gasteiger partial charge in [0, 0.05) is 44.0 Å². The van der Waals surface area contributed by atoms with Gasteiger partial charge in [0.25, 0.3) is 5.91 Å². The van der Waals surface area contributed by atoms with Gasteiger partial charge < -0.3 is 51.6 Å². The molecule has 5 amide bonds. The Hall–Kier alpha value is -6.75. The number of phenols is 2. The number of hydrogen-bond donors (Lipinski definition) is 8. The number of rotatable bonds is 21. The Morgan fingerprint density at radius 1 is 0.862 bits per heavy atom. The number of unbranched alkanes of at least 4 members (excludes halogenated alkanes) is 6. The van der Waals surface area contributed by atoms with Crippen LogP contribution < -0.4 is 27.0 Å². The van der Waals surface area contributed by atoms with Gasteiger partial charge in [-0.15, -0.1) is 0 Å². The number of oxazole rings is 1. The quantitative estimate of drug-likeness (QED) is 0.0540. The minimum absolute atomic E-state index is 0.0747. The molecule has 0 spiro atoms. The van der Waals surface area contributed by atoms with E-state index >= 15 is 0 Å². The Bertz CT molecular complexity index is 2270. The topological polar surface area (TPSA) is 267 Å². The summed E-state index contributed by atoms with van der Waals surface area (Å²) >= 11 is 0. The molecule has 0 unspecified atom stereocenters. The lowest BCUT2D eigenvalue weighted by Crippen LogP contribution is -2.54. The van der Waals surface area contributed by atoms with Crippen molar-refractivity contribution in [2.45, 2.75) is 115 Å². The predicted molar refractivity (Wildman–Crippen MR) is 241 cm³/mol. The van der Waals surface area contributed by atoms with Crippen LogP contribution in [0.2, 0.25) is 0 Å². The molecular formula is C48H61N7O10. The molecule has 1 aliphatic rings. The van der Waals surface area contributed by atoms with E-state index in [4.69, 9.17) is 10.2 Å². The first-order valence-electron chi connectivity index (χ1n) is 22.3. The van der Waals surface area contributed by atoms with Crippen LogP contribution in [0.3, 0.4) is 0 Å². The number of fused-ring (bicyclic) bond motifs is 5. The fraction of sp³-hybridized carbons (Fsp3) is 0.438. The zero-order valence-corrected chi connectivity index (χ0v) is 37.0. The molecule has 9 N–H and O–H groups in total. The van der Waals surface area contributed by atoms with Gasteiger partial charge >= 0.3 is 5.97 Å². The number of phenolic OH excluding ortho intramolecular Hbond substituents is 2. The third-order valence-corrected chi connectivity index (χ3v) is 11.4. The summed E-state index contributed by atoms with van der Waals surface area (Å²) < 4.78 is 5.53. The number of nitrogens with one attached hydrogen (secondary N) is 4. The molecule has 348 valence electrons. The molecule has 0 saturated carbocycles. The third-order valence-electron chi connectivity index (χ3n) is 11.4. The zero-order valence-electron chi connectivity index (χ0n) is 37.0. The van der Waals surface area contributed by atoms with Gasteiger partial charge in [0.2, 0.25) is 23.6 Å². The molecule has 2 heterocycles. The Morgan fingerprint density at radius 2 is 1.54 bits per heavy atom. The van der Waals surface area contributed by atoms with E-state index in [1.807, 2.05) is 6.07 Å². The van der Waals surface area contributed by atoms with Crippen molar-refractivity contribution in [2.24, 2.45) is 5.73 Å². The molecule has 0 fully saturated rings. The number of carboxylic acid groups (broad SMARTS) is 1. The number of likely N-dealkylation sites (N-methyl/N-ethyl adjacent to an activating group) is 1. The molecule has 17 heteroatoms. The van der Waals surface area contributed by atoms with Gasteiger partial charge in [0.1, 0.15) is 41.9 Å². The number of carbonyl (C=O) groups is 6. The minimum Gasteiger partial charge on any atom is -0.507 e. The van der Waals surface area contributed by atoms with E-state index in [0.29, 0.717) is 37.3 Å². The molecule has 3 aromatic carbocycles. The molecule has 0 radical (unpaired) electrons. The molecule has 4 bridgehead atoms. The van der Waals surface area contributed by atoms with Gasteiger partial charge in [-0.2, -0.15) is 0 Å². The average Bonchev–Trinajstić information content (AvgIpc) is 3.77. The van der Waals surface area contributed by atoms with Crippen molar-refractivity contribution in [3.63, 3.8) is 0 Å². The number of nitrogens with zero attached hydrogens (tertiary/aromatic N) is 2. The number of aromatic hydroxyl groups is 2. The summed E-state index contributed by atoms with van der Waals surface area (Å²) in [5, 5.41) is 42.2. The van der Waals surface area contributed by atoms with Crippen molar-refractivity contribution >= 4 is 35.5 Å². The normalized spacial score (nSPS) is 16.6. The molecule has 65 heavy (non-hydrogen) atoms. The smallest absolute Gasteiger partial charge is 0.326 e. The van der Waals surface area contributed by atoms with Crippen molar-refractivity contribution < 1.29 is 48.5 Å². The summed E-state index contributed by atoms with van der Waals surface area (Å²) in [4.78, 5) is 85.5. The van der Waals surface area contributed by atoms with Crippen molar-refractivity contribution in [1.29, 1.82) is 0 Å². The molecule has 17 nitrogen and oxygen atoms in total. The monoisotopic (exact) mass is 895 g/mol. The highest BCUT2D eigenvalue weighted by Crippen LogP contribution is 2.39. The summed E-state index contributed by atoms with van der Waals surface area (Å²) in [6.45, 7) is 1.62. The summed E-state index contributed by atoms with van der Waals surface area (Å²) in [5.41, 5.74) is 8.02. The molecule has 1 aromatic heterocycles. The fourth-order valence-electron chi connectivity index (χ4n) is 7.76. The fourth-order valence-corrected chi connectivity index (χ4v) is 7.76. The van der Waals surface area contributed by atoms with Crippen LogP contribution in [0.5, 0.6) is 11.5 Å². The van der Waals surface area contributed by atoms with Crippen LogP contribution >= 0.6 is 0 Å². The Morgan fingerprint density at radius 3 is 2.25 bits per heavy atom. The number of aryl methyl sites for hydroxylation is 2. The molecular weight excluding hydrogens is 835 g/mol. The second-order valence-electron chi connectivity index (χ2n) is 16.5. The predicted octanol–water partition coefficient (Wildman–Crippen LogP) is 4.44. The van der Waals surface area contributed by atoms with E-state index in [1.165, 1.54) is 68.6 Å². The van der Waals surface area contributed by atoms with Gasteiger partial charge in [0.15, 0.2) is 11.6 Å². The van der Waals surface area contributed by atoms with E-state index in [2.05, 4.69) is 50.5 Å². The van der Waals surface area contributed by atoms with Crippen molar-refractivity contribution in [3.05, 3.63) is 101 Å². The van der Waals surface area contributed by atoms with Gasteiger partial charge in [-0.05, 0) is 92.9 Å². The van der Waals surface area contributed by atoms with Crippen LogP contribution in [0.4, 0.5) is 0 Å². The molecule has 4 aromatic rings. The molecule has 0 saturated heterocycles. The number of carbonyl (C=O) groups excluding carboxylic acids is 5. The second kappa shape index (κ2) is 24.4. The first-order chi connectivity index (χ1) is 31.2. The summed E-state index contributed by atoms with van der Waals surface area (Å²) in [7, 11) is 1.36. The Kier molecular flexibility index (Phi) is 18.5. The Balaban J connectivity index is 1.21. The minimum atomic E-state index is -1.45. The van der Waals surface area contributed by atoms with Gasteiger partial charge in [0.05, 0.1) is 0 Å². The number of benzene rings is 3. The lowest BCUT2D eigenvalue weighted by molar-refractivity contribution is -0.144. The highest BCUT2D eigenvalue weighted by Gasteiger charge is 2.36. The second-order valence-corrected chi connectivity index (χ2v) is 16.5. The maximum absolute atomic E-state index is 14.4. The number of nitrogens with two attached hydrogens (primary N) is 1. The summed E-state index contributed by atoms with van der Waals surface area (Å²) in [5.74, 6) is -4.75. The third kappa shape index (κ3) is 14.4. The molecule has 0 aliphatic carbocycles. The van der Waals surface area contributed by atoms with E-state index in [1.54, 1.807) is 0 Å². The highest BCUT2D eigenvalue weighted by atomic mass is 16.4. The van der Waals surface area contributed by atoms with Crippen molar-refractivity contribution in [2.75, 3.05) is 20.1 Å². The highest BCUT2D eigenvalue weighted by molar-refractivity contribution is 5.96. The maximum atomic E-state index is 14.4. The van der Waals surface area contributed by atoms with E-state index in [0.717, 1.165) is 43.4 Å². The van der Waals surface area contributed by atoms with Gasteiger partial charge in [-0.1, -0.05) is 68.1 Å². The SMILES string of the molecule is C[C@@H]1NC(=O)[C@@H](N(C)C(=O)[C@H](CCCCN)NC(=O)CCNC(=O)c2coc(CCCCCCCCc3ccccc3)n2)c2ccc(O)c(c2)-c2cc(ccc2O)C[C@@H](C(=O)O)NC1=O.